The van der Waals surface area contributed by atoms with Crippen LogP contribution in [0.3, 0.4) is 0 Å². The molecule has 0 spiro atoms. The highest BCUT2D eigenvalue weighted by molar-refractivity contribution is 5.84. The van der Waals surface area contributed by atoms with Gasteiger partial charge in [0.05, 0.1) is 13.2 Å². The molecular formula is C25H26F3N5O3. The van der Waals surface area contributed by atoms with Gasteiger partial charge in [0.25, 0.3) is 0 Å². The Morgan fingerprint density at radius 3 is 2.67 bits per heavy atom. The smallest absolute Gasteiger partial charge is 0.413 e. The first-order chi connectivity index (χ1) is 17.3. The molecule has 1 aliphatic heterocycles. The molecule has 1 unspecified atom stereocenters. The maximum atomic E-state index is 14.6. The Morgan fingerprint density at radius 1 is 1.19 bits per heavy atom. The first kappa shape index (κ1) is 25.2. The van der Waals surface area contributed by atoms with E-state index in [1.165, 1.54) is 24.4 Å². The van der Waals surface area contributed by atoms with Crippen molar-refractivity contribution in [2.45, 2.75) is 19.4 Å². The van der Waals surface area contributed by atoms with Gasteiger partial charge in [0.1, 0.15) is 17.5 Å². The van der Waals surface area contributed by atoms with Crippen molar-refractivity contribution in [3.8, 4) is 5.75 Å². The van der Waals surface area contributed by atoms with Crippen molar-refractivity contribution in [1.29, 1.82) is 0 Å². The standard InChI is InChI=1S/C25H26F3N5O3/c1-32-8-2-3-16(13-32)15-36-22-5-4-20(12-21(22)28)30-24-29-7-6-23(31-24)33(25(34)35)14-17-9-18(26)11-19(27)10-17/h4-7,9-12,16H,2-3,8,13-15H2,1H3,(H,34,35)(H,29,30,31). The highest BCUT2D eigenvalue weighted by atomic mass is 19.1. The highest BCUT2D eigenvalue weighted by Crippen LogP contribution is 2.25. The third-order valence-electron chi connectivity index (χ3n) is 5.80. The fraction of sp³-hybridized carbons (Fsp3) is 0.320. The third kappa shape index (κ3) is 6.63. The second-order valence-electron chi connectivity index (χ2n) is 8.74. The van der Waals surface area contributed by atoms with E-state index in [4.69, 9.17) is 4.74 Å². The Labute approximate surface area is 206 Å². The summed E-state index contributed by atoms with van der Waals surface area (Å²) in [4.78, 5) is 23.1. The van der Waals surface area contributed by atoms with Gasteiger partial charge in [-0.2, -0.15) is 4.98 Å². The van der Waals surface area contributed by atoms with Gasteiger partial charge >= 0.3 is 6.09 Å². The Morgan fingerprint density at radius 2 is 1.97 bits per heavy atom. The van der Waals surface area contributed by atoms with Crippen LogP contribution >= 0.6 is 0 Å². The van der Waals surface area contributed by atoms with Crippen LogP contribution in [0.2, 0.25) is 0 Å². The number of hydrogen-bond donors (Lipinski definition) is 2. The molecule has 0 aliphatic carbocycles. The zero-order chi connectivity index (χ0) is 25.7. The number of rotatable bonds is 8. The number of hydrogen-bond acceptors (Lipinski definition) is 6. The van der Waals surface area contributed by atoms with Gasteiger partial charge in [-0.3, -0.25) is 4.90 Å². The summed E-state index contributed by atoms with van der Waals surface area (Å²) in [6.45, 7) is 2.07. The minimum Gasteiger partial charge on any atom is -0.490 e. The Hall–Kier alpha value is -3.86. The molecule has 2 N–H and O–H groups in total. The van der Waals surface area contributed by atoms with Gasteiger partial charge in [0.15, 0.2) is 11.6 Å². The maximum Gasteiger partial charge on any atom is 0.413 e. The second kappa shape index (κ2) is 11.3. The van der Waals surface area contributed by atoms with E-state index < -0.39 is 23.5 Å². The van der Waals surface area contributed by atoms with Crippen molar-refractivity contribution < 1.29 is 27.8 Å². The van der Waals surface area contributed by atoms with E-state index in [2.05, 4.69) is 27.2 Å². The summed E-state index contributed by atoms with van der Waals surface area (Å²) in [5.74, 6) is -1.71. The van der Waals surface area contributed by atoms with Gasteiger partial charge < -0.3 is 20.1 Å². The molecule has 2 aromatic carbocycles. The third-order valence-corrected chi connectivity index (χ3v) is 5.80. The number of benzene rings is 2. The van der Waals surface area contributed by atoms with Gasteiger partial charge in [-0.05, 0) is 62.3 Å². The topological polar surface area (TPSA) is 90.8 Å². The summed E-state index contributed by atoms with van der Waals surface area (Å²) < 4.78 is 47.4. The second-order valence-corrected chi connectivity index (χ2v) is 8.74. The van der Waals surface area contributed by atoms with E-state index in [1.807, 2.05) is 0 Å². The lowest BCUT2D eigenvalue weighted by molar-refractivity contribution is 0.147. The minimum atomic E-state index is -1.37. The number of halogens is 3. The number of likely N-dealkylation sites (tertiary alicyclic amines) is 1. The molecule has 0 bridgehead atoms. The number of amides is 1. The molecule has 8 nitrogen and oxygen atoms in total. The molecule has 11 heteroatoms. The molecule has 1 amide bonds. The average molecular weight is 502 g/mol. The van der Waals surface area contributed by atoms with Gasteiger partial charge in [0, 0.05) is 36.5 Å². The van der Waals surface area contributed by atoms with Crippen molar-refractivity contribution in [3.63, 3.8) is 0 Å². The molecule has 4 rings (SSSR count). The fourth-order valence-electron chi connectivity index (χ4n) is 4.13. The van der Waals surface area contributed by atoms with Crippen LogP contribution in [0.1, 0.15) is 18.4 Å². The predicted molar refractivity (Wildman–Crippen MR) is 128 cm³/mol. The highest BCUT2D eigenvalue weighted by Gasteiger charge is 2.20. The molecule has 0 radical (unpaired) electrons. The SMILES string of the molecule is CN1CCCC(COc2ccc(Nc3nccc(N(Cc4cc(F)cc(F)c4)C(=O)O)n3)cc2F)C1. The molecular weight excluding hydrogens is 475 g/mol. The molecule has 3 aromatic rings. The van der Waals surface area contributed by atoms with Crippen LogP contribution in [-0.4, -0.2) is 52.8 Å². The first-order valence-corrected chi connectivity index (χ1v) is 11.4. The van der Waals surface area contributed by atoms with Crippen molar-refractivity contribution >= 4 is 23.5 Å². The number of ether oxygens (including phenoxy) is 1. The number of carbonyl (C=O) groups is 1. The average Bonchev–Trinajstić information content (AvgIpc) is 2.81. The summed E-state index contributed by atoms with van der Waals surface area (Å²) >= 11 is 0. The van der Waals surface area contributed by atoms with Gasteiger partial charge in [0.2, 0.25) is 5.95 Å². The van der Waals surface area contributed by atoms with Crippen LogP contribution in [-0.2, 0) is 6.54 Å². The maximum absolute atomic E-state index is 14.6. The van der Waals surface area contributed by atoms with Gasteiger partial charge in [-0.15, -0.1) is 0 Å². The molecule has 36 heavy (non-hydrogen) atoms. The first-order valence-electron chi connectivity index (χ1n) is 11.4. The van der Waals surface area contributed by atoms with Crippen LogP contribution in [0, 0.1) is 23.4 Å². The predicted octanol–water partition coefficient (Wildman–Crippen LogP) is 5.04. The van der Waals surface area contributed by atoms with E-state index in [-0.39, 0.29) is 29.6 Å². The Bertz CT molecular complexity index is 1210. The fourth-order valence-corrected chi connectivity index (χ4v) is 4.13. The molecule has 1 atom stereocenters. The van der Waals surface area contributed by atoms with Crippen molar-refractivity contribution in [1.82, 2.24) is 14.9 Å². The molecule has 0 saturated carbocycles. The van der Waals surface area contributed by atoms with E-state index >= 15 is 0 Å². The number of nitrogens with zero attached hydrogens (tertiary/aromatic N) is 4. The van der Waals surface area contributed by atoms with E-state index in [0.29, 0.717) is 24.3 Å². The number of anilines is 3. The lowest BCUT2D eigenvalue weighted by Crippen LogP contribution is -2.34. The number of nitrogens with one attached hydrogen (secondary N) is 1. The number of aromatic nitrogens is 2. The summed E-state index contributed by atoms with van der Waals surface area (Å²) in [7, 11) is 2.06. The van der Waals surface area contributed by atoms with Crippen LogP contribution in [0.5, 0.6) is 5.75 Å². The van der Waals surface area contributed by atoms with E-state index in [0.717, 1.165) is 43.0 Å². The number of carboxylic acid groups (broad SMARTS) is 1. The van der Waals surface area contributed by atoms with Gasteiger partial charge in [-0.25, -0.2) is 22.9 Å². The quantitative estimate of drug-likeness (QED) is 0.447. The monoisotopic (exact) mass is 501 g/mol. The molecule has 1 aromatic heterocycles. The summed E-state index contributed by atoms with van der Waals surface area (Å²) in [6, 6.07) is 8.47. The largest absolute Gasteiger partial charge is 0.490 e. The van der Waals surface area contributed by atoms with Gasteiger partial charge in [-0.1, -0.05) is 0 Å². The Balaban J connectivity index is 1.43. The molecule has 190 valence electrons. The van der Waals surface area contributed by atoms with Crippen molar-refractivity contribution in [2.24, 2.45) is 5.92 Å². The normalized spacial score (nSPS) is 15.9. The van der Waals surface area contributed by atoms with Crippen LogP contribution in [0.25, 0.3) is 0 Å². The van der Waals surface area contributed by atoms with Crippen molar-refractivity contribution in [2.75, 3.05) is 37.0 Å². The minimum absolute atomic E-state index is 0.0162. The van der Waals surface area contributed by atoms with E-state index in [9.17, 15) is 23.1 Å². The van der Waals surface area contributed by atoms with Crippen LogP contribution in [0.15, 0.2) is 48.7 Å². The van der Waals surface area contributed by atoms with Crippen LogP contribution < -0.4 is 15.0 Å². The summed E-state index contributed by atoms with van der Waals surface area (Å²) in [5.41, 5.74) is 0.448. The molecule has 1 fully saturated rings. The zero-order valence-corrected chi connectivity index (χ0v) is 19.6. The van der Waals surface area contributed by atoms with Crippen molar-refractivity contribution in [3.05, 3.63) is 71.7 Å². The zero-order valence-electron chi connectivity index (χ0n) is 19.6. The molecule has 2 heterocycles. The number of piperidine rings is 1. The summed E-state index contributed by atoms with van der Waals surface area (Å²) in [5, 5.41) is 12.5. The molecule has 1 saturated heterocycles. The van der Waals surface area contributed by atoms with E-state index in [1.54, 1.807) is 6.07 Å². The summed E-state index contributed by atoms with van der Waals surface area (Å²) in [6.07, 6.45) is 2.08. The van der Waals surface area contributed by atoms with Crippen LogP contribution in [0.4, 0.5) is 35.4 Å². The lowest BCUT2D eigenvalue weighted by atomic mass is 10.00. The molecule has 1 aliphatic rings. The lowest BCUT2D eigenvalue weighted by Gasteiger charge is -2.29. The Kier molecular flexibility index (Phi) is 7.89.